The Hall–Kier alpha value is -1.02. The minimum absolute atomic E-state index is 0.601. The molecule has 100 valence electrons. The summed E-state index contributed by atoms with van der Waals surface area (Å²) in [5, 5.41) is 3.21. The molecule has 1 N–H and O–H groups in total. The maximum atomic E-state index is 3.21. The van der Waals surface area contributed by atoms with Crippen molar-refractivity contribution in [2.45, 2.75) is 45.6 Å². The molecular formula is C16H26N2. The molecule has 0 aliphatic carbocycles. The second-order valence-corrected chi connectivity index (χ2v) is 5.75. The van der Waals surface area contributed by atoms with Gasteiger partial charge in [-0.1, -0.05) is 19.1 Å². The van der Waals surface area contributed by atoms with Crippen molar-refractivity contribution < 1.29 is 0 Å². The van der Waals surface area contributed by atoms with E-state index >= 15 is 0 Å². The molecule has 0 radical (unpaired) electrons. The molecule has 2 nitrogen and oxygen atoms in total. The standard InChI is InChI=1S/C16H26N2/c1-12(2)18-11-13(3)15-10-14(6-5-9-17-4)7-8-16(15)18/h7-8,10,12-13,17H,5-6,9,11H2,1-4H3. The fraction of sp³-hybridized carbons (Fsp3) is 0.625. The number of aryl methyl sites for hydroxylation is 1. The molecular weight excluding hydrogens is 220 g/mol. The molecule has 0 saturated carbocycles. The Balaban J connectivity index is 2.14. The second kappa shape index (κ2) is 5.75. The topological polar surface area (TPSA) is 15.3 Å². The van der Waals surface area contributed by atoms with Gasteiger partial charge in [0.05, 0.1) is 0 Å². The lowest BCUT2D eigenvalue weighted by atomic mass is 9.99. The Kier molecular flexibility index (Phi) is 4.28. The number of nitrogens with one attached hydrogen (secondary N) is 1. The molecule has 0 saturated heterocycles. The summed E-state index contributed by atoms with van der Waals surface area (Å²) < 4.78 is 0. The summed E-state index contributed by atoms with van der Waals surface area (Å²) in [6.45, 7) is 9.18. The average Bonchev–Trinajstić information content (AvgIpc) is 2.67. The van der Waals surface area contributed by atoms with Crippen LogP contribution in [0.4, 0.5) is 5.69 Å². The van der Waals surface area contributed by atoms with Crippen molar-refractivity contribution in [2.75, 3.05) is 25.0 Å². The van der Waals surface area contributed by atoms with Gasteiger partial charge in [0.2, 0.25) is 0 Å². The van der Waals surface area contributed by atoms with Crippen LogP contribution in [0.1, 0.15) is 44.2 Å². The van der Waals surface area contributed by atoms with E-state index in [-0.39, 0.29) is 0 Å². The number of fused-ring (bicyclic) bond motifs is 1. The van der Waals surface area contributed by atoms with E-state index in [9.17, 15) is 0 Å². The highest BCUT2D eigenvalue weighted by Crippen LogP contribution is 2.37. The number of hydrogen-bond donors (Lipinski definition) is 1. The highest BCUT2D eigenvalue weighted by atomic mass is 15.2. The molecule has 0 bridgehead atoms. The minimum atomic E-state index is 0.601. The van der Waals surface area contributed by atoms with Crippen LogP contribution in [0, 0.1) is 0 Å². The molecule has 2 heteroatoms. The molecule has 0 aromatic heterocycles. The lowest BCUT2D eigenvalue weighted by Crippen LogP contribution is -2.28. The fourth-order valence-electron chi connectivity index (χ4n) is 2.87. The molecule has 1 aromatic carbocycles. The molecule has 1 heterocycles. The van der Waals surface area contributed by atoms with E-state index in [0.717, 1.165) is 6.54 Å². The zero-order valence-corrected chi connectivity index (χ0v) is 12.2. The third kappa shape index (κ3) is 2.69. The first-order valence-corrected chi connectivity index (χ1v) is 7.17. The summed E-state index contributed by atoms with van der Waals surface area (Å²) >= 11 is 0. The van der Waals surface area contributed by atoms with Crippen LogP contribution in [0.15, 0.2) is 18.2 Å². The molecule has 0 spiro atoms. The van der Waals surface area contributed by atoms with Crippen LogP contribution in [0.5, 0.6) is 0 Å². The normalized spacial score (nSPS) is 18.5. The van der Waals surface area contributed by atoms with Crippen LogP contribution < -0.4 is 10.2 Å². The van der Waals surface area contributed by atoms with Crippen molar-refractivity contribution in [1.82, 2.24) is 5.32 Å². The van der Waals surface area contributed by atoms with E-state index in [4.69, 9.17) is 0 Å². The van der Waals surface area contributed by atoms with Gasteiger partial charge in [0.1, 0.15) is 0 Å². The molecule has 18 heavy (non-hydrogen) atoms. The van der Waals surface area contributed by atoms with Crippen LogP contribution >= 0.6 is 0 Å². The zero-order chi connectivity index (χ0) is 13.1. The Morgan fingerprint density at radius 3 is 2.83 bits per heavy atom. The largest absolute Gasteiger partial charge is 0.368 e. The molecule has 1 aliphatic rings. The molecule has 0 amide bonds. The van der Waals surface area contributed by atoms with Gasteiger partial charge in [0.25, 0.3) is 0 Å². The lowest BCUT2D eigenvalue weighted by molar-refractivity contribution is 0.670. The maximum absolute atomic E-state index is 3.21. The summed E-state index contributed by atoms with van der Waals surface area (Å²) in [6.07, 6.45) is 2.40. The van der Waals surface area contributed by atoms with Crippen molar-refractivity contribution in [3.63, 3.8) is 0 Å². The second-order valence-electron chi connectivity index (χ2n) is 5.75. The fourth-order valence-corrected chi connectivity index (χ4v) is 2.87. The quantitative estimate of drug-likeness (QED) is 0.803. The molecule has 2 rings (SSSR count). The molecule has 1 aliphatic heterocycles. The van der Waals surface area contributed by atoms with E-state index in [0.29, 0.717) is 12.0 Å². The van der Waals surface area contributed by atoms with Crippen LogP contribution in [0.2, 0.25) is 0 Å². The number of benzene rings is 1. The number of hydrogen-bond acceptors (Lipinski definition) is 2. The maximum Gasteiger partial charge on any atom is 0.0404 e. The SMILES string of the molecule is CNCCCc1ccc2c(c1)C(C)CN2C(C)C. The van der Waals surface area contributed by atoms with Crippen molar-refractivity contribution >= 4 is 5.69 Å². The van der Waals surface area contributed by atoms with Gasteiger partial charge in [-0.25, -0.2) is 0 Å². The highest BCUT2D eigenvalue weighted by molar-refractivity contribution is 5.61. The van der Waals surface area contributed by atoms with Gasteiger partial charge in [-0.2, -0.15) is 0 Å². The van der Waals surface area contributed by atoms with Gasteiger partial charge in [0.15, 0.2) is 0 Å². The van der Waals surface area contributed by atoms with E-state index in [2.05, 4.69) is 49.2 Å². The summed E-state index contributed by atoms with van der Waals surface area (Å²) in [5.74, 6) is 0.673. The lowest BCUT2D eigenvalue weighted by Gasteiger charge is -2.24. The minimum Gasteiger partial charge on any atom is -0.368 e. The van der Waals surface area contributed by atoms with E-state index in [1.54, 1.807) is 5.56 Å². The van der Waals surface area contributed by atoms with Gasteiger partial charge in [-0.15, -0.1) is 0 Å². The van der Waals surface area contributed by atoms with Crippen molar-refractivity contribution in [2.24, 2.45) is 0 Å². The Bertz CT molecular complexity index is 398. The first-order valence-electron chi connectivity index (χ1n) is 7.17. The third-order valence-corrected chi connectivity index (χ3v) is 3.92. The first-order chi connectivity index (χ1) is 8.63. The highest BCUT2D eigenvalue weighted by Gasteiger charge is 2.26. The Labute approximate surface area is 111 Å². The van der Waals surface area contributed by atoms with E-state index in [1.165, 1.54) is 30.6 Å². The van der Waals surface area contributed by atoms with Crippen LogP contribution in [0.25, 0.3) is 0 Å². The number of nitrogens with zero attached hydrogens (tertiary/aromatic N) is 1. The number of anilines is 1. The van der Waals surface area contributed by atoms with Gasteiger partial charge in [-0.05, 0) is 57.5 Å². The Morgan fingerprint density at radius 1 is 1.39 bits per heavy atom. The summed E-state index contributed by atoms with van der Waals surface area (Å²) in [4.78, 5) is 2.53. The monoisotopic (exact) mass is 246 g/mol. The van der Waals surface area contributed by atoms with E-state index in [1.807, 2.05) is 7.05 Å². The predicted octanol–water partition coefficient (Wildman–Crippen LogP) is 3.17. The Morgan fingerprint density at radius 2 is 2.17 bits per heavy atom. The van der Waals surface area contributed by atoms with Gasteiger partial charge >= 0.3 is 0 Å². The zero-order valence-electron chi connectivity index (χ0n) is 12.2. The molecule has 1 atom stereocenters. The molecule has 1 aromatic rings. The molecule has 0 fully saturated rings. The smallest absolute Gasteiger partial charge is 0.0404 e. The number of rotatable bonds is 5. The van der Waals surface area contributed by atoms with Gasteiger partial charge < -0.3 is 10.2 Å². The van der Waals surface area contributed by atoms with Crippen molar-refractivity contribution in [3.8, 4) is 0 Å². The summed E-state index contributed by atoms with van der Waals surface area (Å²) in [5.41, 5.74) is 4.49. The van der Waals surface area contributed by atoms with E-state index < -0.39 is 0 Å². The first kappa shape index (κ1) is 13.4. The summed E-state index contributed by atoms with van der Waals surface area (Å²) in [6, 6.07) is 7.66. The molecule has 1 unspecified atom stereocenters. The van der Waals surface area contributed by atoms with Crippen LogP contribution in [-0.4, -0.2) is 26.2 Å². The third-order valence-electron chi connectivity index (χ3n) is 3.92. The summed E-state index contributed by atoms with van der Waals surface area (Å²) in [7, 11) is 2.02. The van der Waals surface area contributed by atoms with Crippen LogP contribution in [-0.2, 0) is 6.42 Å². The predicted molar refractivity (Wildman–Crippen MR) is 79.6 cm³/mol. The van der Waals surface area contributed by atoms with Crippen molar-refractivity contribution in [1.29, 1.82) is 0 Å². The average molecular weight is 246 g/mol. The van der Waals surface area contributed by atoms with Crippen molar-refractivity contribution in [3.05, 3.63) is 29.3 Å². The van der Waals surface area contributed by atoms with Crippen LogP contribution in [0.3, 0.4) is 0 Å². The van der Waals surface area contributed by atoms with Gasteiger partial charge in [0, 0.05) is 24.2 Å². The van der Waals surface area contributed by atoms with Gasteiger partial charge in [-0.3, -0.25) is 0 Å².